The van der Waals surface area contributed by atoms with Crippen molar-refractivity contribution in [2.45, 2.75) is 75.4 Å². The third-order valence-corrected chi connectivity index (χ3v) is 11.0. The SMILES string of the molecule is Nc1nnc(-c2cccc(F)c2O)cc1-c1cnn(C2CCN(C3CCC(c4cccc5c4OCCN5[C@H]4CCC(=O)NC4=O)CC3)CC2)c1. The minimum Gasteiger partial charge on any atom is -0.504 e. The number of nitrogens with one attached hydrogen (secondary N) is 1. The number of phenolic OH excluding ortho intramolecular Hbond substituents is 1. The third kappa shape index (κ3) is 6.03. The number of anilines is 2. The number of fused-ring (bicyclic) bond motifs is 1. The molecule has 1 atom stereocenters. The standard InChI is InChI=1S/C37H41FN8O4/c38-29-5-1-4-27(34(29)48)30-19-28(36(39)43-42-30)23-20-40-46(21-23)25-13-15-44(16-14-25)24-9-7-22(8-10-24)26-3-2-6-31-35(26)50-18-17-45(31)32-11-12-33(47)41-37(32)49/h1-6,19-22,24-25,32,48H,7-18H2,(H2,39,43)(H,41,47,49)/t22?,24?,32-/m0/s1. The lowest BCUT2D eigenvalue weighted by Gasteiger charge is -2.42. The molecule has 3 aliphatic heterocycles. The number of hydrogen-bond donors (Lipinski definition) is 3. The largest absolute Gasteiger partial charge is 0.504 e. The Labute approximate surface area is 289 Å². The number of aromatic nitrogens is 4. The Morgan fingerprint density at radius 3 is 2.52 bits per heavy atom. The van der Waals surface area contributed by atoms with E-state index in [2.05, 4.69) is 42.5 Å². The molecule has 2 amide bonds. The van der Waals surface area contributed by atoms with Crippen LogP contribution in [0.1, 0.15) is 68.9 Å². The van der Waals surface area contributed by atoms with Crippen LogP contribution in [0.4, 0.5) is 15.9 Å². The average molecular weight is 681 g/mol. The maximum atomic E-state index is 14.0. The molecule has 0 radical (unpaired) electrons. The zero-order chi connectivity index (χ0) is 34.4. The van der Waals surface area contributed by atoms with Gasteiger partial charge < -0.3 is 25.4 Å². The Balaban J connectivity index is 0.886. The Bertz CT molecular complexity index is 1920. The minimum atomic E-state index is -0.723. The van der Waals surface area contributed by atoms with Gasteiger partial charge in [-0.2, -0.15) is 5.10 Å². The van der Waals surface area contributed by atoms with E-state index in [0.29, 0.717) is 49.2 Å². The number of benzene rings is 2. The van der Waals surface area contributed by atoms with Crippen molar-refractivity contribution in [2.24, 2.45) is 0 Å². The number of nitrogens with two attached hydrogens (primary N) is 1. The summed E-state index contributed by atoms with van der Waals surface area (Å²) in [6, 6.07) is 12.8. The first-order valence-corrected chi connectivity index (χ1v) is 17.6. The average Bonchev–Trinajstić information content (AvgIpc) is 3.63. The van der Waals surface area contributed by atoms with Gasteiger partial charge in [0.1, 0.15) is 18.4 Å². The number of para-hydroxylation sites is 2. The first kappa shape index (κ1) is 32.2. The van der Waals surface area contributed by atoms with Crippen LogP contribution in [0, 0.1) is 5.82 Å². The predicted molar refractivity (Wildman–Crippen MR) is 185 cm³/mol. The van der Waals surface area contributed by atoms with Crippen molar-refractivity contribution in [3.8, 4) is 33.9 Å². The molecule has 3 fully saturated rings. The van der Waals surface area contributed by atoms with Crippen molar-refractivity contribution < 1.29 is 23.8 Å². The second-order valence-electron chi connectivity index (χ2n) is 13.9. The summed E-state index contributed by atoms with van der Waals surface area (Å²) in [5.41, 5.74) is 10.4. The van der Waals surface area contributed by atoms with E-state index in [1.165, 1.54) is 17.7 Å². The van der Waals surface area contributed by atoms with Crippen molar-refractivity contribution >= 4 is 23.3 Å². The van der Waals surface area contributed by atoms with Gasteiger partial charge in [-0.15, -0.1) is 10.2 Å². The first-order valence-electron chi connectivity index (χ1n) is 17.6. The van der Waals surface area contributed by atoms with Crippen LogP contribution < -0.4 is 20.7 Å². The topological polar surface area (TPSA) is 152 Å². The molecule has 4 aliphatic rings. The Morgan fingerprint density at radius 2 is 1.72 bits per heavy atom. The Kier molecular flexibility index (Phi) is 8.59. The lowest BCUT2D eigenvalue weighted by molar-refractivity contribution is -0.134. The summed E-state index contributed by atoms with van der Waals surface area (Å²) in [6.45, 7) is 3.16. The second-order valence-corrected chi connectivity index (χ2v) is 13.9. The van der Waals surface area contributed by atoms with Gasteiger partial charge in [0.15, 0.2) is 17.4 Å². The number of nitrogens with zero attached hydrogens (tertiary/aromatic N) is 6. The summed E-state index contributed by atoms with van der Waals surface area (Å²) in [7, 11) is 0. The Hall–Kier alpha value is -5.04. The normalized spacial score (nSPS) is 23.3. The number of imide groups is 1. The van der Waals surface area contributed by atoms with Crippen molar-refractivity contribution in [3.05, 3.63) is 66.2 Å². The Morgan fingerprint density at radius 1 is 0.920 bits per heavy atom. The molecule has 2 saturated heterocycles. The molecule has 8 rings (SSSR count). The quantitative estimate of drug-likeness (QED) is 0.242. The number of rotatable bonds is 6. The van der Waals surface area contributed by atoms with Crippen LogP contribution in [0.15, 0.2) is 54.9 Å². The summed E-state index contributed by atoms with van der Waals surface area (Å²) in [4.78, 5) is 29.2. The van der Waals surface area contributed by atoms with Crippen molar-refractivity contribution in [2.75, 3.05) is 36.9 Å². The highest BCUT2D eigenvalue weighted by molar-refractivity contribution is 6.02. The number of hydrogen-bond acceptors (Lipinski definition) is 10. The molecule has 0 bridgehead atoms. The van der Waals surface area contributed by atoms with E-state index in [1.807, 2.05) is 16.9 Å². The molecular formula is C37H41FN8O4. The fraction of sp³-hybridized carbons (Fsp3) is 0.432. The highest BCUT2D eigenvalue weighted by Crippen LogP contribution is 2.45. The summed E-state index contributed by atoms with van der Waals surface area (Å²) < 4.78 is 22.3. The van der Waals surface area contributed by atoms with Crippen molar-refractivity contribution in [1.29, 1.82) is 0 Å². The molecular weight excluding hydrogens is 639 g/mol. The van der Waals surface area contributed by atoms with Gasteiger partial charge >= 0.3 is 0 Å². The molecule has 13 heteroatoms. The van der Waals surface area contributed by atoms with Gasteiger partial charge in [0.25, 0.3) is 0 Å². The lowest BCUT2D eigenvalue weighted by atomic mass is 9.80. The minimum absolute atomic E-state index is 0.198. The number of likely N-dealkylation sites (tertiary alicyclic amines) is 1. The van der Waals surface area contributed by atoms with E-state index in [4.69, 9.17) is 10.5 Å². The van der Waals surface area contributed by atoms with E-state index in [-0.39, 0.29) is 35.3 Å². The molecule has 260 valence electrons. The smallest absolute Gasteiger partial charge is 0.249 e. The summed E-state index contributed by atoms with van der Waals surface area (Å²) in [6.07, 6.45) is 11.0. The van der Waals surface area contributed by atoms with Gasteiger partial charge in [-0.3, -0.25) is 19.6 Å². The number of amides is 2. The van der Waals surface area contributed by atoms with Crippen LogP contribution in [0.25, 0.3) is 22.4 Å². The number of aromatic hydroxyl groups is 1. The van der Waals surface area contributed by atoms with Crippen molar-refractivity contribution in [1.82, 2.24) is 30.2 Å². The summed E-state index contributed by atoms with van der Waals surface area (Å²) >= 11 is 0. The number of halogens is 1. The fourth-order valence-electron chi connectivity index (χ4n) is 8.35. The molecule has 4 N–H and O–H groups in total. The van der Waals surface area contributed by atoms with E-state index >= 15 is 0 Å². The van der Waals surface area contributed by atoms with E-state index < -0.39 is 11.6 Å². The van der Waals surface area contributed by atoms with Gasteiger partial charge in [0, 0.05) is 48.4 Å². The molecule has 1 saturated carbocycles. The van der Waals surface area contributed by atoms with Gasteiger partial charge in [-0.05, 0) is 80.7 Å². The number of carbonyl (C=O) groups excluding carboxylic acids is 2. The molecule has 5 heterocycles. The molecule has 0 spiro atoms. The maximum absolute atomic E-state index is 14.0. The molecule has 4 aromatic rings. The van der Waals surface area contributed by atoms with Crippen LogP contribution in [0.3, 0.4) is 0 Å². The van der Waals surface area contributed by atoms with Crippen LogP contribution in [0.2, 0.25) is 0 Å². The van der Waals surface area contributed by atoms with Crippen molar-refractivity contribution in [3.63, 3.8) is 0 Å². The van der Waals surface area contributed by atoms with E-state index in [1.54, 1.807) is 18.3 Å². The lowest BCUT2D eigenvalue weighted by Crippen LogP contribution is -2.54. The van der Waals surface area contributed by atoms with Gasteiger partial charge in [-0.1, -0.05) is 18.2 Å². The molecule has 2 aromatic carbocycles. The zero-order valence-electron chi connectivity index (χ0n) is 27.8. The highest BCUT2D eigenvalue weighted by Gasteiger charge is 2.37. The molecule has 2 aromatic heterocycles. The van der Waals surface area contributed by atoms with E-state index in [9.17, 15) is 19.1 Å². The van der Waals surface area contributed by atoms with Gasteiger partial charge in [0.2, 0.25) is 11.8 Å². The number of phenols is 1. The second kappa shape index (κ2) is 13.3. The summed E-state index contributed by atoms with van der Waals surface area (Å²) in [5, 5.41) is 25.6. The third-order valence-electron chi connectivity index (χ3n) is 11.0. The van der Waals surface area contributed by atoms with Gasteiger partial charge in [0.05, 0.1) is 30.2 Å². The number of carbonyl (C=O) groups is 2. The predicted octanol–water partition coefficient (Wildman–Crippen LogP) is 4.80. The zero-order valence-corrected chi connectivity index (χ0v) is 27.8. The molecule has 1 aliphatic carbocycles. The monoisotopic (exact) mass is 680 g/mol. The first-order chi connectivity index (χ1) is 24.3. The van der Waals surface area contributed by atoms with E-state index in [0.717, 1.165) is 68.6 Å². The van der Waals surface area contributed by atoms with Crippen LogP contribution in [-0.4, -0.2) is 80.1 Å². The van der Waals surface area contributed by atoms with Crippen LogP contribution in [-0.2, 0) is 9.59 Å². The molecule has 50 heavy (non-hydrogen) atoms. The number of ether oxygens (including phenoxy) is 1. The number of nitrogen functional groups attached to an aromatic ring is 1. The van der Waals surface area contributed by atoms with Gasteiger partial charge in [-0.25, -0.2) is 4.39 Å². The van der Waals surface area contributed by atoms with Crippen LogP contribution >= 0.6 is 0 Å². The maximum Gasteiger partial charge on any atom is 0.249 e. The fourth-order valence-corrected chi connectivity index (χ4v) is 8.35. The van der Waals surface area contributed by atoms with Crippen LogP contribution in [0.5, 0.6) is 11.5 Å². The number of piperidine rings is 2. The summed E-state index contributed by atoms with van der Waals surface area (Å²) in [5.74, 6) is -0.0631. The molecule has 0 unspecified atom stereocenters. The highest BCUT2D eigenvalue weighted by atomic mass is 19.1. The molecule has 12 nitrogen and oxygen atoms in total.